The molecule has 0 aliphatic rings. The van der Waals surface area contributed by atoms with E-state index in [1.165, 1.54) is 16.4 Å². The number of nitrogens with one attached hydrogen (secondary N) is 1. The van der Waals surface area contributed by atoms with Crippen LogP contribution in [-0.2, 0) is 10.0 Å². The Morgan fingerprint density at radius 1 is 1.12 bits per heavy atom. The topological polar surface area (TPSA) is 92.5 Å². The van der Waals surface area contributed by atoms with Gasteiger partial charge >= 0.3 is 0 Å². The zero-order valence-corrected chi connectivity index (χ0v) is 16.0. The summed E-state index contributed by atoms with van der Waals surface area (Å²) in [7, 11) is -3.50. The summed E-state index contributed by atoms with van der Waals surface area (Å²) in [5.41, 5.74) is 5.82. The molecule has 6 nitrogen and oxygen atoms in total. The van der Waals surface area contributed by atoms with Crippen molar-refractivity contribution in [3.05, 3.63) is 29.8 Å². The number of rotatable bonds is 10. The maximum Gasteiger partial charge on any atom is 0.251 e. The minimum atomic E-state index is -3.50. The largest absolute Gasteiger partial charge is 0.352 e. The van der Waals surface area contributed by atoms with E-state index in [1.807, 2.05) is 13.8 Å². The number of nitrogens with two attached hydrogens (primary N) is 1. The number of benzene rings is 1. The average Bonchev–Trinajstić information content (AvgIpc) is 2.55. The summed E-state index contributed by atoms with van der Waals surface area (Å²) in [4.78, 5) is 12.1. The van der Waals surface area contributed by atoms with E-state index in [4.69, 9.17) is 5.73 Å². The van der Waals surface area contributed by atoms with Crippen molar-refractivity contribution in [1.82, 2.24) is 9.62 Å². The number of halogens is 1. The van der Waals surface area contributed by atoms with Crippen LogP contribution in [0, 0.1) is 0 Å². The third-order valence-electron chi connectivity index (χ3n) is 3.37. The molecule has 0 radical (unpaired) electrons. The van der Waals surface area contributed by atoms with Gasteiger partial charge < -0.3 is 11.1 Å². The van der Waals surface area contributed by atoms with Crippen molar-refractivity contribution in [1.29, 1.82) is 0 Å². The predicted molar refractivity (Wildman–Crippen MR) is 99.0 cm³/mol. The fourth-order valence-corrected chi connectivity index (χ4v) is 3.81. The normalized spacial score (nSPS) is 11.2. The van der Waals surface area contributed by atoms with Crippen LogP contribution in [0.2, 0.25) is 0 Å². The van der Waals surface area contributed by atoms with Crippen LogP contribution in [0.1, 0.15) is 43.5 Å². The van der Waals surface area contributed by atoms with Gasteiger partial charge in [0.1, 0.15) is 0 Å². The summed E-state index contributed by atoms with van der Waals surface area (Å²) in [6, 6.07) is 6.07. The van der Waals surface area contributed by atoms with Crippen LogP contribution in [0.25, 0.3) is 0 Å². The minimum absolute atomic E-state index is 0. The minimum Gasteiger partial charge on any atom is -0.352 e. The maximum absolute atomic E-state index is 12.6. The lowest BCUT2D eigenvalue weighted by atomic mass is 10.2. The van der Waals surface area contributed by atoms with Gasteiger partial charge in [-0.1, -0.05) is 13.8 Å². The highest BCUT2D eigenvalue weighted by molar-refractivity contribution is 7.89. The van der Waals surface area contributed by atoms with E-state index in [9.17, 15) is 13.2 Å². The van der Waals surface area contributed by atoms with Crippen molar-refractivity contribution in [2.75, 3.05) is 26.2 Å². The van der Waals surface area contributed by atoms with Gasteiger partial charge in [0.05, 0.1) is 4.90 Å². The molecule has 0 fully saturated rings. The smallest absolute Gasteiger partial charge is 0.251 e. The molecule has 0 saturated carbocycles. The molecular weight excluding hydrogens is 350 g/mol. The molecule has 1 amide bonds. The van der Waals surface area contributed by atoms with Crippen LogP contribution in [0.4, 0.5) is 0 Å². The van der Waals surface area contributed by atoms with Crippen LogP contribution in [-0.4, -0.2) is 44.8 Å². The average molecular weight is 378 g/mol. The maximum atomic E-state index is 12.6. The molecule has 0 bridgehead atoms. The van der Waals surface area contributed by atoms with Gasteiger partial charge in [-0.25, -0.2) is 8.42 Å². The van der Waals surface area contributed by atoms with Crippen molar-refractivity contribution < 1.29 is 13.2 Å². The molecule has 1 rings (SSSR count). The Morgan fingerprint density at radius 3 is 2.12 bits per heavy atom. The first kappa shape index (κ1) is 22.9. The van der Waals surface area contributed by atoms with Crippen molar-refractivity contribution in [3.8, 4) is 0 Å². The van der Waals surface area contributed by atoms with E-state index in [2.05, 4.69) is 5.32 Å². The Balaban J connectivity index is 0.00000529. The standard InChI is InChI=1S/C16H27N3O3S.ClH/c1-3-12-19(13-4-2)23(21,22)15-8-6-14(7-9-15)16(20)18-11-5-10-17;/h6-9H,3-5,10-13,17H2,1-2H3,(H,18,20);1H. The summed E-state index contributed by atoms with van der Waals surface area (Å²) < 4.78 is 26.7. The summed E-state index contributed by atoms with van der Waals surface area (Å²) in [5.74, 6) is -0.221. The Labute approximate surface area is 151 Å². The molecule has 0 heterocycles. The Hall–Kier alpha value is -1.15. The molecule has 0 spiro atoms. The van der Waals surface area contributed by atoms with E-state index in [0.717, 1.165) is 12.8 Å². The second-order valence-electron chi connectivity index (χ2n) is 5.33. The van der Waals surface area contributed by atoms with Crippen LogP contribution < -0.4 is 11.1 Å². The quantitative estimate of drug-likeness (QED) is 0.610. The summed E-state index contributed by atoms with van der Waals surface area (Å²) in [5, 5.41) is 2.74. The lowest BCUT2D eigenvalue weighted by Crippen LogP contribution is -2.32. The van der Waals surface area contributed by atoms with Gasteiger partial charge in [0.15, 0.2) is 0 Å². The Morgan fingerprint density at radius 2 is 1.67 bits per heavy atom. The van der Waals surface area contributed by atoms with Gasteiger partial charge in [0, 0.05) is 25.2 Å². The number of carbonyl (C=O) groups excluding carboxylic acids is 1. The molecular formula is C16H28ClN3O3S. The molecule has 0 unspecified atom stereocenters. The van der Waals surface area contributed by atoms with E-state index in [1.54, 1.807) is 12.1 Å². The van der Waals surface area contributed by atoms with Crippen LogP contribution in [0.15, 0.2) is 29.2 Å². The third-order valence-corrected chi connectivity index (χ3v) is 5.28. The van der Waals surface area contributed by atoms with Crippen LogP contribution in [0.5, 0.6) is 0 Å². The van der Waals surface area contributed by atoms with E-state index >= 15 is 0 Å². The van der Waals surface area contributed by atoms with Crippen LogP contribution in [0.3, 0.4) is 0 Å². The van der Waals surface area contributed by atoms with Gasteiger partial charge in [-0.3, -0.25) is 4.79 Å². The molecule has 1 aromatic rings. The summed E-state index contributed by atoms with van der Waals surface area (Å²) >= 11 is 0. The van der Waals surface area contributed by atoms with E-state index < -0.39 is 10.0 Å². The number of sulfonamides is 1. The molecule has 0 aliphatic carbocycles. The van der Waals surface area contributed by atoms with Gasteiger partial charge in [-0.15, -0.1) is 12.4 Å². The molecule has 0 aromatic heterocycles. The molecule has 0 atom stereocenters. The van der Waals surface area contributed by atoms with E-state index in [-0.39, 0.29) is 23.2 Å². The molecule has 0 aliphatic heterocycles. The van der Waals surface area contributed by atoms with Crippen molar-refractivity contribution in [2.45, 2.75) is 38.0 Å². The van der Waals surface area contributed by atoms with Gasteiger partial charge in [0.2, 0.25) is 10.0 Å². The first-order valence-corrected chi connectivity index (χ1v) is 9.49. The molecule has 1 aromatic carbocycles. The highest BCUT2D eigenvalue weighted by atomic mass is 35.5. The Kier molecular flexibility index (Phi) is 10.9. The summed E-state index contributed by atoms with van der Waals surface area (Å²) in [6.45, 7) is 5.92. The monoisotopic (exact) mass is 377 g/mol. The lowest BCUT2D eigenvalue weighted by Gasteiger charge is -2.21. The fraction of sp³-hybridized carbons (Fsp3) is 0.562. The van der Waals surface area contributed by atoms with Gasteiger partial charge in [0.25, 0.3) is 5.91 Å². The predicted octanol–water partition coefficient (Wildman–Crippen LogP) is 2.00. The molecule has 0 saturated heterocycles. The SMILES string of the molecule is CCCN(CCC)S(=O)(=O)c1ccc(C(=O)NCCCN)cc1.Cl. The highest BCUT2D eigenvalue weighted by Gasteiger charge is 2.23. The lowest BCUT2D eigenvalue weighted by molar-refractivity contribution is 0.0953. The molecule has 3 N–H and O–H groups in total. The molecule has 138 valence electrons. The van der Waals surface area contributed by atoms with Crippen molar-refractivity contribution >= 4 is 28.3 Å². The fourth-order valence-electron chi connectivity index (χ4n) is 2.18. The summed E-state index contributed by atoms with van der Waals surface area (Å²) in [6.07, 6.45) is 2.24. The number of amides is 1. The zero-order valence-electron chi connectivity index (χ0n) is 14.3. The first-order chi connectivity index (χ1) is 11.0. The van der Waals surface area contributed by atoms with Gasteiger partial charge in [-0.05, 0) is 50.1 Å². The second-order valence-corrected chi connectivity index (χ2v) is 7.26. The number of nitrogens with zero attached hydrogens (tertiary/aromatic N) is 1. The Bertz CT molecular complexity index is 585. The van der Waals surface area contributed by atoms with E-state index in [0.29, 0.717) is 38.2 Å². The number of carbonyl (C=O) groups is 1. The first-order valence-electron chi connectivity index (χ1n) is 8.05. The molecule has 8 heteroatoms. The van der Waals surface area contributed by atoms with Gasteiger partial charge in [-0.2, -0.15) is 4.31 Å². The molecule has 24 heavy (non-hydrogen) atoms. The van der Waals surface area contributed by atoms with Crippen molar-refractivity contribution in [3.63, 3.8) is 0 Å². The second kappa shape index (κ2) is 11.4. The van der Waals surface area contributed by atoms with Crippen molar-refractivity contribution in [2.24, 2.45) is 5.73 Å². The number of hydrogen-bond donors (Lipinski definition) is 2. The van der Waals surface area contributed by atoms with Crippen LogP contribution >= 0.6 is 12.4 Å². The zero-order chi connectivity index (χ0) is 17.3. The third kappa shape index (κ3) is 6.39. The number of hydrogen-bond acceptors (Lipinski definition) is 4. The highest BCUT2D eigenvalue weighted by Crippen LogP contribution is 2.17.